The van der Waals surface area contributed by atoms with E-state index in [1.807, 2.05) is 31.2 Å². The van der Waals surface area contributed by atoms with Gasteiger partial charge in [0.05, 0.1) is 23.5 Å². The molecule has 0 unspecified atom stereocenters. The molecule has 0 saturated carbocycles. The smallest absolute Gasteiger partial charge is 0.407 e. The van der Waals surface area contributed by atoms with E-state index in [-0.39, 0.29) is 28.6 Å². The fourth-order valence-electron chi connectivity index (χ4n) is 4.90. The topological polar surface area (TPSA) is 165 Å². The summed E-state index contributed by atoms with van der Waals surface area (Å²) in [5, 5.41) is 6.80. The molecule has 1 amide bonds. The lowest BCUT2D eigenvalue weighted by Crippen LogP contribution is -2.32. The SMILES string of the molecule is COC(=O)N[C@@H](C)CCCc1cc(Cl)c(F)c(-c2cc3cn(-c4ccc([C@H](C)NCCCN=C(N)N)cc4)c(=O)nc3[nH]2)c1. The third-order valence-electron chi connectivity index (χ3n) is 7.29. The Morgan fingerprint density at radius 1 is 1.18 bits per heavy atom. The van der Waals surface area contributed by atoms with Gasteiger partial charge in [0.25, 0.3) is 0 Å². The average molecular weight is 625 g/mol. The van der Waals surface area contributed by atoms with Crippen LogP contribution in [-0.2, 0) is 11.2 Å². The Morgan fingerprint density at radius 3 is 2.64 bits per heavy atom. The van der Waals surface area contributed by atoms with Gasteiger partial charge in [-0.2, -0.15) is 4.98 Å². The van der Waals surface area contributed by atoms with Crippen LogP contribution in [0.25, 0.3) is 28.0 Å². The standard InChI is InChI=1S/C31H38ClFN8O3/c1-18(38-31(43)44-3)6-4-7-20-14-24(27(33)25(32)15-20)26-16-22-17-41(30(42)40-28(22)39-26)23-10-8-21(9-11-23)19(2)36-12-5-13-37-29(34)35/h8-11,14-19,36H,4-7,12-13H2,1-3H3,(H,38,43)(H4,34,35,37)(H,39,40,42)/t18-,19-/m0/s1. The van der Waals surface area contributed by atoms with Gasteiger partial charge in [0.2, 0.25) is 0 Å². The molecule has 11 nitrogen and oxygen atoms in total. The number of H-pyrrole nitrogens is 1. The number of hydrogen-bond donors (Lipinski definition) is 5. The molecule has 0 bridgehead atoms. The zero-order valence-corrected chi connectivity index (χ0v) is 25.7. The van der Waals surface area contributed by atoms with E-state index in [0.717, 1.165) is 30.5 Å². The van der Waals surface area contributed by atoms with Crippen molar-refractivity contribution in [3.8, 4) is 16.9 Å². The van der Waals surface area contributed by atoms with E-state index in [9.17, 15) is 9.59 Å². The number of carbonyl (C=O) groups excluding carboxylic acids is 1. The van der Waals surface area contributed by atoms with Gasteiger partial charge in [0.15, 0.2) is 11.8 Å². The normalized spacial score (nSPS) is 12.6. The number of aromatic nitrogens is 3. The predicted molar refractivity (Wildman–Crippen MR) is 172 cm³/mol. The van der Waals surface area contributed by atoms with Crippen molar-refractivity contribution in [2.75, 3.05) is 20.2 Å². The number of methoxy groups -OCH3 is 1. The van der Waals surface area contributed by atoms with E-state index in [1.165, 1.54) is 11.7 Å². The zero-order chi connectivity index (χ0) is 31.8. The van der Waals surface area contributed by atoms with Gasteiger partial charge >= 0.3 is 11.8 Å². The number of alkyl carbamates (subject to hydrolysis) is 1. The maximum atomic E-state index is 15.2. The molecule has 0 aliphatic carbocycles. The summed E-state index contributed by atoms with van der Waals surface area (Å²) < 4.78 is 21.3. The van der Waals surface area contributed by atoms with Crippen LogP contribution >= 0.6 is 11.6 Å². The lowest BCUT2D eigenvalue weighted by atomic mass is 10.0. The van der Waals surface area contributed by atoms with E-state index >= 15 is 4.39 Å². The van der Waals surface area contributed by atoms with Gasteiger partial charge in [0, 0.05) is 35.8 Å². The molecule has 13 heteroatoms. The Hall–Kier alpha value is -4.42. The molecule has 2 heterocycles. The second-order valence-electron chi connectivity index (χ2n) is 10.7. The minimum Gasteiger partial charge on any atom is -0.453 e. The maximum Gasteiger partial charge on any atom is 0.407 e. The van der Waals surface area contributed by atoms with Crippen LogP contribution < -0.4 is 27.8 Å². The van der Waals surface area contributed by atoms with Gasteiger partial charge in [-0.1, -0.05) is 23.7 Å². The highest BCUT2D eigenvalue weighted by Gasteiger charge is 2.16. The first-order valence-electron chi connectivity index (χ1n) is 14.4. The summed E-state index contributed by atoms with van der Waals surface area (Å²) in [6.45, 7) is 5.25. The molecule has 4 aromatic rings. The van der Waals surface area contributed by atoms with Crippen LogP contribution in [0.3, 0.4) is 0 Å². The number of nitrogens with zero attached hydrogens (tertiary/aromatic N) is 3. The van der Waals surface area contributed by atoms with Gasteiger partial charge in [-0.25, -0.2) is 14.0 Å². The number of nitrogens with one attached hydrogen (secondary N) is 3. The molecule has 0 saturated heterocycles. The van der Waals surface area contributed by atoms with Gasteiger partial charge in [-0.3, -0.25) is 9.56 Å². The fourth-order valence-corrected chi connectivity index (χ4v) is 5.14. The minimum atomic E-state index is -0.563. The van der Waals surface area contributed by atoms with Crippen LogP contribution in [0.4, 0.5) is 9.18 Å². The number of hydrogen-bond acceptors (Lipinski definition) is 6. The minimum absolute atomic E-state index is 0.00185. The molecule has 234 valence electrons. The summed E-state index contributed by atoms with van der Waals surface area (Å²) in [6, 6.07) is 12.7. The van der Waals surface area contributed by atoms with Crippen molar-refractivity contribution in [2.45, 2.75) is 51.6 Å². The highest BCUT2D eigenvalue weighted by molar-refractivity contribution is 6.31. The number of benzene rings is 2. The first kappa shape index (κ1) is 32.5. The highest BCUT2D eigenvalue weighted by atomic mass is 35.5. The number of nitrogens with two attached hydrogens (primary N) is 2. The Kier molecular flexibility index (Phi) is 11.0. The third kappa shape index (κ3) is 8.35. The van der Waals surface area contributed by atoms with E-state index in [4.69, 9.17) is 23.1 Å². The van der Waals surface area contributed by atoms with Crippen LogP contribution in [0.5, 0.6) is 0 Å². The van der Waals surface area contributed by atoms with Crippen LogP contribution in [0.15, 0.2) is 58.4 Å². The van der Waals surface area contributed by atoms with Crippen LogP contribution in [-0.4, -0.2) is 52.8 Å². The fraction of sp³-hybridized carbons (Fsp3) is 0.355. The largest absolute Gasteiger partial charge is 0.453 e. The molecule has 0 aliphatic rings. The number of ether oxygens (including phenoxy) is 1. The summed E-state index contributed by atoms with van der Waals surface area (Å²) >= 11 is 6.26. The van der Waals surface area contributed by atoms with Crippen molar-refractivity contribution in [1.82, 2.24) is 25.2 Å². The maximum absolute atomic E-state index is 15.2. The van der Waals surface area contributed by atoms with Crippen molar-refractivity contribution in [2.24, 2.45) is 16.5 Å². The van der Waals surface area contributed by atoms with E-state index in [2.05, 4.69) is 37.3 Å². The number of guanidine groups is 1. The number of rotatable bonds is 13. The molecule has 44 heavy (non-hydrogen) atoms. The highest BCUT2D eigenvalue weighted by Crippen LogP contribution is 2.31. The van der Waals surface area contributed by atoms with Gasteiger partial charge in [-0.05, 0) is 87.5 Å². The number of aryl methyl sites for hydroxylation is 1. The monoisotopic (exact) mass is 624 g/mol. The number of halogens is 2. The molecule has 7 N–H and O–H groups in total. The van der Waals surface area contributed by atoms with Crippen molar-refractivity contribution in [1.29, 1.82) is 0 Å². The number of carbonyl (C=O) groups is 1. The second kappa shape index (κ2) is 14.8. The average Bonchev–Trinajstić information content (AvgIpc) is 3.40. The van der Waals surface area contributed by atoms with Crippen molar-refractivity contribution in [3.63, 3.8) is 0 Å². The Bertz CT molecular complexity index is 1680. The second-order valence-corrected chi connectivity index (χ2v) is 11.1. The number of fused-ring (bicyclic) bond motifs is 1. The molecule has 2 aromatic heterocycles. The van der Waals surface area contributed by atoms with E-state index in [0.29, 0.717) is 41.8 Å². The van der Waals surface area contributed by atoms with Crippen LogP contribution in [0.2, 0.25) is 5.02 Å². The first-order valence-corrected chi connectivity index (χ1v) is 14.8. The summed E-state index contributed by atoms with van der Waals surface area (Å²) in [4.78, 5) is 35.6. The van der Waals surface area contributed by atoms with E-state index < -0.39 is 17.6 Å². The molecular formula is C31H38ClFN8O3. The molecule has 4 rings (SSSR count). The Balaban J connectivity index is 1.49. The summed E-state index contributed by atoms with van der Waals surface area (Å²) in [5.74, 6) is -0.477. The quantitative estimate of drug-likeness (QED) is 0.0826. The summed E-state index contributed by atoms with van der Waals surface area (Å²) in [7, 11) is 1.32. The zero-order valence-electron chi connectivity index (χ0n) is 25.0. The first-order chi connectivity index (χ1) is 21.0. The summed E-state index contributed by atoms with van der Waals surface area (Å²) in [6.07, 6.45) is 4.09. The number of aliphatic imine (C=N–C) groups is 1. The van der Waals surface area contributed by atoms with Gasteiger partial charge in [-0.15, -0.1) is 0 Å². The Labute approximate surface area is 259 Å². The lowest BCUT2D eigenvalue weighted by molar-refractivity contribution is 0.166. The molecule has 0 spiro atoms. The molecular weight excluding hydrogens is 587 g/mol. The molecule has 0 aliphatic heterocycles. The van der Waals surface area contributed by atoms with Crippen LogP contribution in [0.1, 0.15) is 50.3 Å². The van der Waals surface area contributed by atoms with Gasteiger partial charge < -0.3 is 31.8 Å². The van der Waals surface area contributed by atoms with Crippen molar-refractivity contribution >= 4 is 34.7 Å². The predicted octanol–water partition coefficient (Wildman–Crippen LogP) is 4.55. The molecule has 2 atom stereocenters. The number of aromatic amines is 1. The van der Waals surface area contributed by atoms with Crippen molar-refractivity contribution in [3.05, 3.63) is 81.1 Å². The van der Waals surface area contributed by atoms with Gasteiger partial charge in [0.1, 0.15) is 5.65 Å². The Morgan fingerprint density at radius 2 is 1.93 bits per heavy atom. The summed E-state index contributed by atoms with van der Waals surface area (Å²) in [5.41, 5.74) is 13.9. The number of amides is 1. The van der Waals surface area contributed by atoms with E-state index in [1.54, 1.807) is 24.4 Å². The lowest BCUT2D eigenvalue weighted by Gasteiger charge is -2.15. The molecule has 0 fully saturated rings. The molecule has 2 aromatic carbocycles. The van der Waals surface area contributed by atoms with Crippen molar-refractivity contribution < 1.29 is 13.9 Å². The third-order valence-corrected chi connectivity index (χ3v) is 7.56. The van der Waals surface area contributed by atoms with Crippen LogP contribution in [0, 0.1) is 5.82 Å². The molecule has 0 radical (unpaired) electrons.